The molecule has 0 saturated heterocycles. The van der Waals surface area contributed by atoms with Gasteiger partial charge in [-0.3, -0.25) is 4.79 Å². The Morgan fingerprint density at radius 2 is 1.64 bits per heavy atom. The first-order valence-electron chi connectivity index (χ1n) is 10.3. The number of ether oxygens (including phenoxy) is 1. The van der Waals surface area contributed by atoms with Gasteiger partial charge in [0.1, 0.15) is 18.1 Å². The Morgan fingerprint density at radius 1 is 0.939 bits per heavy atom. The molecule has 2 N–H and O–H groups in total. The molecule has 0 unspecified atom stereocenters. The quantitative estimate of drug-likeness (QED) is 0.262. The summed E-state index contributed by atoms with van der Waals surface area (Å²) in [6.45, 7) is 0.467. The van der Waals surface area contributed by atoms with Crippen molar-refractivity contribution in [3.05, 3.63) is 113 Å². The third-order valence-corrected chi connectivity index (χ3v) is 5.26. The lowest BCUT2D eigenvalue weighted by Crippen LogP contribution is -2.17. The van der Waals surface area contributed by atoms with Crippen molar-refractivity contribution < 1.29 is 14.6 Å². The van der Waals surface area contributed by atoms with E-state index in [1.54, 1.807) is 6.21 Å². The van der Waals surface area contributed by atoms with Gasteiger partial charge in [-0.25, -0.2) is 5.43 Å². The average Bonchev–Trinajstić information content (AvgIpc) is 2.85. The third-order valence-electron chi connectivity index (χ3n) is 4.96. The van der Waals surface area contributed by atoms with Gasteiger partial charge >= 0.3 is 0 Å². The van der Waals surface area contributed by atoms with Crippen LogP contribution in [0.3, 0.4) is 0 Å². The van der Waals surface area contributed by atoms with Gasteiger partial charge in [0.2, 0.25) is 0 Å². The maximum atomic E-state index is 12.3. The minimum atomic E-state index is -0.421. The van der Waals surface area contributed by atoms with Crippen LogP contribution in [-0.4, -0.2) is 23.8 Å². The average molecular weight is 457 g/mol. The van der Waals surface area contributed by atoms with Gasteiger partial charge in [0.15, 0.2) is 0 Å². The molecule has 0 bridgehead atoms. The summed E-state index contributed by atoms with van der Waals surface area (Å²) < 4.78 is 5.72. The molecule has 0 aromatic heterocycles. The zero-order chi connectivity index (χ0) is 23.0. The Kier molecular flexibility index (Phi) is 7.03. The number of halogens is 1. The zero-order valence-corrected chi connectivity index (χ0v) is 18.4. The van der Waals surface area contributed by atoms with E-state index in [0.29, 0.717) is 12.2 Å². The Balaban J connectivity index is 1.47. The molecule has 5 nitrogen and oxygen atoms in total. The smallest absolute Gasteiger partial charge is 0.271 e. The zero-order valence-electron chi connectivity index (χ0n) is 17.6. The van der Waals surface area contributed by atoms with Gasteiger partial charge in [0, 0.05) is 11.1 Å². The molecule has 0 saturated carbocycles. The molecule has 33 heavy (non-hydrogen) atoms. The number of carbonyl (C=O) groups excluding carboxylic acids is 1. The third kappa shape index (κ3) is 5.59. The highest BCUT2D eigenvalue weighted by Crippen LogP contribution is 2.24. The number of amides is 1. The Bertz CT molecular complexity index is 1330. The lowest BCUT2D eigenvalue weighted by molar-refractivity contribution is 0.0955. The molecule has 4 aromatic rings. The minimum absolute atomic E-state index is 0.0797. The van der Waals surface area contributed by atoms with E-state index in [1.165, 1.54) is 18.2 Å². The van der Waals surface area contributed by atoms with Gasteiger partial charge in [-0.05, 0) is 52.7 Å². The monoisotopic (exact) mass is 456 g/mol. The fraction of sp³-hybridized carbons (Fsp3) is 0.0370. The molecule has 6 heteroatoms. The molecule has 4 aromatic carbocycles. The molecule has 0 aliphatic rings. The number of nitrogens with one attached hydrogen (secondary N) is 1. The minimum Gasteiger partial charge on any atom is -0.506 e. The van der Waals surface area contributed by atoms with Crippen molar-refractivity contribution in [2.45, 2.75) is 0 Å². The summed E-state index contributed by atoms with van der Waals surface area (Å²) in [5, 5.41) is 15.8. The predicted molar refractivity (Wildman–Crippen MR) is 133 cm³/mol. The van der Waals surface area contributed by atoms with E-state index in [0.717, 1.165) is 27.6 Å². The second-order valence-corrected chi connectivity index (χ2v) is 7.59. The van der Waals surface area contributed by atoms with Gasteiger partial charge in [-0.1, -0.05) is 72.3 Å². The van der Waals surface area contributed by atoms with Gasteiger partial charge in [-0.2, -0.15) is 5.10 Å². The summed E-state index contributed by atoms with van der Waals surface area (Å²) in [7, 11) is 0. The molecule has 0 radical (unpaired) electrons. The number of phenolic OH excluding ortho intramolecular Hbond substituents is 1. The highest BCUT2D eigenvalue weighted by Gasteiger charge is 2.08. The first-order chi connectivity index (χ1) is 16.1. The van der Waals surface area contributed by atoms with Gasteiger partial charge in [0.05, 0.1) is 11.2 Å². The second kappa shape index (κ2) is 10.5. The van der Waals surface area contributed by atoms with Crippen molar-refractivity contribution in [1.82, 2.24) is 5.43 Å². The van der Waals surface area contributed by atoms with Crippen molar-refractivity contribution in [3.8, 4) is 11.5 Å². The number of phenols is 1. The lowest BCUT2D eigenvalue weighted by Gasteiger charge is -2.07. The SMILES string of the molecule is O=C(N/N=C/c1ccc(/C=C/COc2ccccc2)c2ccccc12)c1ccc(O)c(Cl)c1. The maximum absolute atomic E-state index is 12.3. The van der Waals surface area contributed by atoms with Crippen LogP contribution in [0.4, 0.5) is 0 Å². The maximum Gasteiger partial charge on any atom is 0.271 e. The molecule has 1 amide bonds. The van der Waals surface area contributed by atoms with Crippen LogP contribution < -0.4 is 10.2 Å². The fourth-order valence-corrected chi connectivity index (χ4v) is 3.49. The van der Waals surface area contributed by atoms with Crippen LogP contribution in [0.25, 0.3) is 16.8 Å². The summed E-state index contributed by atoms with van der Waals surface area (Å²) in [6.07, 6.45) is 5.61. The molecule has 0 spiro atoms. The molecule has 0 heterocycles. The molecular weight excluding hydrogens is 436 g/mol. The van der Waals surface area contributed by atoms with Gasteiger partial charge < -0.3 is 9.84 Å². The molecule has 0 fully saturated rings. The number of nitrogens with zero attached hydrogens (tertiary/aromatic N) is 1. The molecule has 0 aliphatic carbocycles. The number of fused-ring (bicyclic) bond motifs is 1. The second-order valence-electron chi connectivity index (χ2n) is 7.18. The van der Waals surface area contributed by atoms with Crippen LogP contribution in [0, 0.1) is 0 Å². The van der Waals surface area contributed by atoms with Crippen LogP contribution >= 0.6 is 11.6 Å². The summed E-state index contributed by atoms with van der Waals surface area (Å²) in [6, 6.07) is 25.9. The van der Waals surface area contributed by atoms with E-state index in [1.807, 2.05) is 78.9 Å². The first kappa shape index (κ1) is 22.1. The van der Waals surface area contributed by atoms with E-state index in [2.05, 4.69) is 10.5 Å². The van der Waals surface area contributed by atoms with Crippen LogP contribution in [0.5, 0.6) is 11.5 Å². The van der Waals surface area contributed by atoms with Crippen molar-refractivity contribution in [1.29, 1.82) is 0 Å². The number of benzene rings is 4. The van der Waals surface area contributed by atoms with E-state index < -0.39 is 5.91 Å². The lowest BCUT2D eigenvalue weighted by atomic mass is 10.00. The number of rotatable bonds is 7. The summed E-state index contributed by atoms with van der Waals surface area (Å²) >= 11 is 5.86. The number of aromatic hydroxyl groups is 1. The molecule has 0 aliphatic heterocycles. The molecular formula is C27H21ClN2O3. The summed E-state index contributed by atoms with van der Waals surface area (Å²) in [4.78, 5) is 12.3. The summed E-state index contributed by atoms with van der Waals surface area (Å²) in [5.74, 6) is 0.328. The van der Waals surface area contributed by atoms with Crippen LogP contribution in [0.15, 0.2) is 96.1 Å². The van der Waals surface area contributed by atoms with Crippen LogP contribution in [-0.2, 0) is 0 Å². The van der Waals surface area contributed by atoms with E-state index in [9.17, 15) is 9.90 Å². The van der Waals surface area contributed by atoms with Crippen molar-refractivity contribution in [3.63, 3.8) is 0 Å². The Labute approximate surface area is 196 Å². The molecule has 0 atom stereocenters. The van der Waals surface area contributed by atoms with Gasteiger partial charge in [0.25, 0.3) is 5.91 Å². The number of hydrazone groups is 1. The fourth-order valence-electron chi connectivity index (χ4n) is 3.31. The molecule has 164 valence electrons. The van der Waals surface area contributed by atoms with E-state index >= 15 is 0 Å². The largest absolute Gasteiger partial charge is 0.506 e. The van der Waals surface area contributed by atoms with E-state index in [-0.39, 0.29) is 10.8 Å². The van der Waals surface area contributed by atoms with Gasteiger partial charge in [-0.15, -0.1) is 0 Å². The Morgan fingerprint density at radius 3 is 2.39 bits per heavy atom. The highest BCUT2D eigenvalue weighted by molar-refractivity contribution is 6.32. The normalized spacial score (nSPS) is 11.3. The number of hydrogen-bond acceptors (Lipinski definition) is 4. The van der Waals surface area contributed by atoms with Crippen LogP contribution in [0.2, 0.25) is 5.02 Å². The predicted octanol–water partition coefficient (Wildman–Crippen LogP) is 6.05. The van der Waals surface area contributed by atoms with Crippen molar-refractivity contribution >= 4 is 40.6 Å². The summed E-state index contributed by atoms with van der Waals surface area (Å²) in [5.41, 5.74) is 4.72. The molecule has 4 rings (SSSR count). The van der Waals surface area contributed by atoms with Crippen LogP contribution in [0.1, 0.15) is 21.5 Å². The number of para-hydroxylation sites is 1. The Hall–Kier alpha value is -4.09. The topological polar surface area (TPSA) is 70.9 Å². The first-order valence-corrected chi connectivity index (χ1v) is 10.7. The van der Waals surface area contributed by atoms with E-state index in [4.69, 9.17) is 16.3 Å². The van der Waals surface area contributed by atoms with Crippen molar-refractivity contribution in [2.75, 3.05) is 6.61 Å². The van der Waals surface area contributed by atoms with Crippen molar-refractivity contribution in [2.24, 2.45) is 5.10 Å². The number of carbonyl (C=O) groups is 1. The number of hydrogen-bond donors (Lipinski definition) is 2. The standard InChI is InChI=1S/C27H21ClN2O3/c28-25-17-20(14-15-26(25)31)27(32)30-29-18-21-13-12-19(23-10-4-5-11-24(21)23)7-6-16-33-22-8-2-1-3-9-22/h1-15,17-18,31H,16H2,(H,30,32)/b7-6+,29-18+. The highest BCUT2D eigenvalue weighted by atomic mass is 35.5.